The molecule has 0 heterocycles. The normalized spacial score (nSPS) is 10.0. The Morgan fingerprint density at radius 3 is 1.85 bits per heavy atom. The second kappa shape index (κ2) is 7.31. The first-order valence-corrected chi connectivity index (χ1v) is 7.15. The molecule has 0 saturated carbocycles. The molecule has 3 aromatic rings. The quantitative estimate of drug-likeness (QED) is 0.382. The van der Waals surface area contributed by atoms with Crippen molar-refractivity contribution in [2.75, 3.05) is 0 Å². The topological polar surface area (TPSA) is 156 Å². The number of hydrogen-bond acceptors (Lipinski definition) is 6. The van der Waals surface area contributed by atoms with Crippen LogP contribution in [0, 0.1) is 0 Å². The summed E-state index contributed by atoms with van der Waals surface area (Å²) in [6.45, 7) is 0. The standard InChI is InChI=1S/C10H8O2.C8H6O6/c11-9-6-5-7-3-1-2-4-8(7)10(9)12;9-4-2-1-3(7(11)12)5(6(4)10)8(13)14/h1-6,11-12H;1-2,9-10H,(H,11,12)(H,13,14). The molecule has 0 amide bonds. The molecule has 0 saturated heterocycles. The van der Waals surface area contributed by atoms with Crippen LogP contribution in [0.5, 0.6) is 23.0 Å². The third-order valence-electron chi connectivity index (χ3n) is 3.48. The monoisotopic (exact) mass is 358 g/mol. The molecule has 0 aromatic heterocycles. The molecule has 0 spiro atoms. The van der Waals surface area contributed by atoms with Gasteiger partial charge in [-0.05, 0) is 23.6 Å². The molecule has 8 nitrogen and oxygen atoms in total. The predicted molar refractivity (Wildman–Crippen MR) is 91.0 cm³/mol. The maximum Gasteiger partial charge on any atom is 0.340 e. The summed E-state index contributed by atoms with van der Waals surface area (Å²) in [7, 11) is 0. The molecule has 0 radical (unpaired) electrons. The van der Waals surface area contributed by atoms with Gasteiger partial charge in [0.15, 0.2) is 23.0 Å². The maximum absolute atomic E-state index is 10.6. The van der Waals surface area contributed by atoms with Gasteiger partial charge in [0.25, 0.3) is 0 Å². The summed E-state index contributed by atoms with van der Waals surface area (Å²) in [4.78, 5) is 21.1. The lowest BCUT2D eigenvalue weighted by atomic mass is 10.1. The second-order valence-corrected chi connectivity index (χ2v) is 5.12. The van der Waals surface area contributed by atoms with Crippen molar-refractivity contribution in [2.24, 2.45) is 0 Å². The Balaban J connectivity index is 0.000000189. The van der Waals surface area contributed by atoms with Gasteiger partial charge in [0.1, 0.15) is 5.56 Å². The summed E-state index contributed by atoms with van der Waals surface area (Å²) >= 11 is 0. The van der Waals surface area contributed by atoms with Crippen molar-refractivity contribution in [3.05, 3.63) is 59.7 Å². The van der Waals surface area contributed by atoms with Crippen LogP contribution in [0.25, 0.3) is 10.8 Å². The van der Waals surface area contributed by atoms with Gasteiger partial charge in [-0.25, -0.2) is 9.59 Å². The third-order valence-corrected chi connectivity index (χ3v) is 3.48. The minimum atomic E-state index is -1.61. The van der Waals surface area contributed by atoms with Crippen LogP contribution < -0.4 is 0 Å². The van der Waals surface area contributed by atoms with Crippen LogP contribution in [0.4, 0.5) is 0 Å². The molecule has 0 aliphatic rings. The van der Waals surface area contributed by atoms with Gasteiger partial charge in [-0.2, -0.15) is 0 Å². The number of fused-ring (bicyclic) bond motifs is 1. The van der Waals surface area contributed by atoms with Crippen LogP contribution in [-0.2, 0) is 0 Å². The van der Waals surface area contributed by atoms with Crippen molar-refractivity contribution in [2.45, 2.75) is 0 Å². The zero-order valence-corrected chi connectivity index (χ0v) is 13.1. The minimum absolute atomic E-state index is 0.0481. The molecule has 134 valence electrons. The van der Waals surface area contributed by atoms with E-state index in [0.29, 0.717) is 5.39 Å². The van der Waals surface area contributed by atoms with Crippen LogP contribution in [-0.4, -0.2) is 42.6 Å². The lowest BCUT2D eigenvalue weighted by molar-refractivity contribution is 0.0648. The van der Waals surface area contributed by atoms with E-state index in [2.05, 4.69) is 0 Å². The van der Waals surface area contributed by atoms with Crippen LogP contribution in [0.15, 0.2) is 48.5 Å². The fourth-order valence-electron chi connectivity index (χ4n) is 2.22. The van der Waals surface area contributed by atoms with Gasteiger partial charge in [-0.3, -0.25) is 0 Å². The largest absolute Gasteiger partial charge is 0.504 e. The Labute approximate surface area is 146 Å². The van der Waals surface area contributed by atoms with Crippen molar-refractivity contribution in [3.63, 3.8) is 0 Å². The molecule has 3 rings (SSSR count). The van der Waals surface area contributed by atoms with Crippen LogP contribution in [0.3, 0.4) is 0 Å². The first-order valence-electron chi connectivity index (χ1n) is 7.15. The molecule has 0 unspecified atom stereocenters. The number of hydrogen-bond donors (Lipinski definition) is 6. The van der Waals surface area contributed by atoms with E-state index < -0.39 is 34.6 Å². The third kappa shape index (κ3) is 3.59. The molecule has 0 aliphatic heterocycles. The van der Waals surface area contributed by atoms with Gasteiger partial charge >= 0.3 is 11.9 Å². The molecule has 3 aromatic carbocycles. The summed E-state index contributed by atoms with van der Waals surface area (Å²) in [6, 6.07) is 12.4. The smallest absolute Gasteiger partial charge is 0.340 e. The van der Waals surface area contributed by atoms with E-state index in [-0.39, 0.29) is 11.5 Å². The minimum Gasteiger partial charge on any atom is -0.504 e. The highest BCUT2D eigenvalue weighted by atomic mass is 16.4. The molecule has 6 N–H and O–H groups in total. The highest BCUT2D eigenvalue weighted by Crippen LogP contribution is 2.33. The molecule has 0 fully saturated rings. The Hall–Kier alpha value is -3.94. The first kappa shape index (κ1) is 18.4. The molecule has 0 aliphatic carbocycles. The van der Waals surface area contributed by atoms with Gasteiger partial charge in [-0.1, -0.05) is 30.3 Å². The summed E-state index contributed by atoms with van der Waals surface area (Å²) in [6.07, 6.45) is 0. The lowest BCUT2D eigenvalue weighted by Gasteiger charge is -2.04. The zero-order chi connectivity index (χ0) is 19.4. The zero-order valence-electron chi connectivity index (χ0n) is 13.1. The van der Waals surface area contributed by atoms with Crippen LogP contribution in [0.2, 0.25) is 0 Å². The Kier molecular flexibility index (Phi) is 5.17. The number of carboxylic acids is 2. The predicted octanol–water partition coefficient (Wildman–Crippen LogP) is 2.75. The number of phenols is 4. The second-order valence-electron chi connectivity index (χ2n) is 5.12. The highest BCUT2D eigenvalue weighted by molar-refractivity contribution is 6.04. The molecule has 0 bridgehead atoms. The van der Waals surface area contributed by atoms with Crippen molar-refractivity contribution in [3.8, 4) is 23.0 Å². The molecular weight excluding hydrogens is 344 g/mol. The van der Waals surface area contributed by atoms with E-state index in [9.17, 15) is 14.7 Å². The molecule has 26 heavy (non-hydrogen) atoms. The van der Waals surface area contributed by atoms with Gasteiger partial charge in [0, 0.05) is 5.39 Å². The van der Waals surface area contributed by atoms with Crippen molar-refractivity contribution in [1.29, 1.82) is 0 Å². The fraction of sp³-hybridized carbons (Fsp3) is 0. The number of aromatic carboxylic acids is 2. The highest BCUT2D eigenvalue weighted by Gasteiger charge is 2.22. The first-order chi connectivity index (χ1) is 12.2. The Bertz CT molecular complexity index is 994. The number of carbonyl (C=O) groups is 2. The van der Waals surface area contributed by atoms with E-state index in [1.165, 1.54) is 6.07 Å². The average Bonchev–Trinajstić information content (AvgIpc) is 2.60. The van der Waals surface area contributed by atoms with E-state index >= 15 is 0 Å². The van der Waals surface area contributed by atoms with Gasteiger partial charge in [0.05, 0.1) is 5.56 Å². The van der Waals surface area contributed by atoms with Gasteiger partial charge in [-0.15, -0.1) is 0 Å². The van der Waals surface area contributed by atoms with Crippen LogP contribution >= 0.6 is 0 Å². The van der Waals surface area contributed by atoms with Crippen molar-refractivity contribution < 1.29 is 40.2 Å². The van der Waals surface area contributed by atoms with E-state index in [1.807, 2.05) is 18.2 Å². The van der Waals surface area contributed by atoms with Crippen molar-refractivity contribution in [1.82, 2.24) is 0 Å². The number of phenolic OH excluding ortho intramolecular Hbond substituents is 3. The van der Waals surface area contributed by atoms with E-state index in [0.717, 1.165) is 17.5 Å². The number of rotatable bonds is 2. The van der Waals surface area contributed by atoms with E-state index in [1.54, 1.807) is 12.1 Å². The maximum atomic E-state index is 10.6. The van der Waals surface area contributed by atoms with Gasteiger partial charge < -0.3 is 30.6 Å². The average molecular weight is 358 g/mol. The summed E-state index contributed by atoms with van der Waals surface area (Å²) in [5.41, 5.74) is -1.40. The molecule has 8 heteroatoms. The van der Waals surface area contributed by atoms with Gasteiger partial charge in [0.2, 0.25) is 0 Å². The fourth-order valence-corrected chi connectivity index (χ4v) is 2.22. The van der Waals surface area contributed by atoms with E-state index in [4.69, 9.17) is 25.5 Å². The van der Waals surface area contributed by atoms with Crippen LogP contribution in [0.1, 0.15) is 20.7 Å². The summed E-state index contributed by atoms with van der Waals surface area (Å²) in [5, 5.41) is 55.4. The summed E-state index contributed by atoms with van der Waals surface area (Å²) < 4.78 is 0. The Morgan fingerprint density at radius 2 is 1.23 bits per heavy atom. The van der Waals surface area contributed by atoms with Crippen molar-refractivity contribution >= 4 is 22.7 Å². The lowest BCUT2D eigenvalue weighted by Crippen LogP contribution is -2.08. The number of aromatic hydroxyl groups is 4. The SMILES string of the molecule is O=C(O)c1ccc(O)c(O)c1C(=O)O.Oc1ccc2ccccc2c1O. The number of benzene rings is 3. The molecular formula is C18H14O8. The molecule has 0 atom stereocenters. The number of carboxylic acid groups (broad SMARTS) is 2. The summed E-state index contributed by atoms with van der Waals surface area (Å²) in [5.74, 6) is -4.85. The Morgan fingerprint density at radius 1 is 0.654 bits per heavy atom.